The van der Waals surface area contributed by atoms with Crippen molar-refractivity contribution in [2.45, 2.75) is 39.3 Å². The molecule has 1 aromatic carbocycles. The van der Waals surface area contributed by atoms with E-state index in [4.69, 9.17) is 5.73 Å². The number of nitrogens with two attached hydrogens (primary N) is 1. The van der Waals surface area contributed by atoms with Gasteiger partial charge < -0.3 is 5.73 Å². The Hall–Kier alpha value is -0.860. The summed E-state index contributed by atoms with van der Waals surface area (Å²) in [5.74, 6) is 1.63. The first-order chi connectivity index (χ1) is 8.61. The monoisotopic (exact) mass is 244 g/mol. The van der Waals surface area contributed by atoms with Crippen molar-refractivity contribution in [1.82, 2.24) is 4.90 Å². The zero-order valence-corrected chi connectivity index (χ0v) is 11.5. The molecule has 2 heteroatoms. The zero-order valence-electron chi connectivity index (χ0n) is 11.5. The first kappa shape index (κ1) is 12.2. The van der Waals surface area contributed by atoms with Gasteiger partial charge in [0, 0.05) is 25.7 Å². The molecule has 2 fully saturated rings. The second-order valence-corrected chi connectivity index (χ2v) is 6.36. The molecular formula is C16H24N2. The minimum absolute atomic E-state index is 0.458. The van der Waals surface area contributed by atoms with E-state index in [0.717, 1.165) is 18.4 Å². The summed E-state index contributed by atoms with van der Waals surface area (Å²) in [5.41, 5.74) is 10.4. The fourth-order valence-corrected chi connectivity index (χ4v) is 3.95. The van der Waals surface area contributed by atoms with Crippen LogP contribution in [0.3, 0.4) is 0 Å². The third kappa shape index (κ3) is 2.32. The Kier molecular flexibility index (Phi) is 3.16. The smallest absolute Gasteiger partial charge is 0.0234 e. The third-order valence-electron chi connectivity index (χ3n) is 4.68. The van der Waals surface area contributed by atoms with Crippen molar-refractivity contribution in [3.63, 3.8) is 0 Å². The van der Waals surface area contributed by atoms with E-state index >= 15 is 0 Å². The number of fused-ring (bicyclic) bond motifs is 1. The maximum absolute atomic E-state index is 6.20. The van der Waals surface area contributed by atoms with E-state index < -0.39 is 0 Å². The highest BCUT2D eigenvalue weighted by Crippen LogP contribution is 2.37. The number of nitrogens with zero attached hydrogens (tertiary/aromatic N) is 1. The highest BCUT2D eigenvalue weighted by Gasteiger charge is 2.40. The largest absolute Gasteiger partial charge is 0.327 e. The van der Waals surface area contributed by atoms with Crippen LogP contribution in [0, 0.1) is 25.7 Å². The standard InChI is InChI=1S/C16H24N2/c1-11-5-12(2)7-13(6-11)8-18-9-14-3-4-16(17)15(14)10-18/h5-7,14-16H,3-4,8-10,17H2,1-2H3. The molecular weight excluding hydrogens is 220 g/mol. The van der Waals surface area contributed by atoms with Crippen molar-refractivity contribution in [2.24, 2.45) is 17.6 Å². The van der Waals surface area contributed by atoms with Gasteiger partial charge in [0.25, 0.3) is 0 Å². The number of rotatable bonds is 2. The summed E-state index contributed by atoms with van der Waals surface area (Å²) in [6.45, 7) is 7.93. The first-order valence-corrected chi connectivity index (χ1v) is 7.17. The van der Waals surface area contributed by atoms with Gasteiger partial charge in [-0.05, 0) is 44.1 Å². The molecule has 1 saturated heterocycles. The van der Waals surface area contributed by atoms with E-state index in [-0.39, 0.29) is 0 Å². The van der Waals surface area contributed by atoms with Crippen LogP contribution < -0.4 is 5.73 Å². The van der Waals surface area contributed by atoms with E-state index in [0.29, 0.717) is 6.04 Å². The lowest BCUT2D eigenvalue weighted by Gasteiger charge is -2.19. The molecule has 1 aliphatic heterocycles. The van der Waals surface area contributed by atoms with Crippen molar-refractivity contribution in [3.05, 3.63) is 34.9 Å². The van der Waals surface area contributed by atoms with Crippen LogP contribution in [-0.2, 0) is 6.54 Å². The van der Waals surface area contributed by atoms with Crippen molar-refractivity contribution in [1.29, 1.82) is 0 Å². The molecule has 2 aliphatic rings. The van der Waals surface area contributed by atoms with E-state index in [1.807, 2.05) is 0 Å². The van der Waals surface area contributed by atoms with Crippen LogP contribution >= 0.6 is 0 Å². The average molecular weight is 244 g/mol. The maximum Gasteiger partial charge on any atom is 0.0234 e. The zero-order chi connectivity index (χ0) is 12.7. The SMILES string of the molecule is Cc1cc(C)cc(CN2CC3CCC(N)C3C2)c1. The summed E-state index contributed by atoms with van der Waals surface area (Å²) in [5, 5.41) is 0. The molecule has 0 bridgehead atoms. The minimum atomic E-state index is 0.458. The summed E-state index contributed by atoms with van der Waals surface area (Å²) in [4.78, 5) is 2.60. The van der Waals surface area contributed by atoms with Crippen molar-refractivity contribution in [3.8, 4) is 0 Å². The van der Waals surface area contributed by atoms with Gasteiger partial charge in [-0.25, -0.2) is 0 Å². The molecule has 0 radical (unpaired) electrons. The van der Waals surface area contributed by atoms with Crippen LogP contribution in [0.1, 0.15) is 29.5 Å². The lowest BCUT2D eigenvalue weighted by atomic mass is 9.98. The summed E-state index contributed by atoms with van der Waals surface area (Å²) < 4.78 is 0. The Bertz CT molecular complexity index is 420. The lowest BCUT2D eigenvalue weighted by molar-refractivity contribution is 0.298. The number of benzene rings is 1. The van der Waals surface area contributed by atoms with Crippen molar-refractivity contribution >= 4 is 0 Å². The average Bonchev–Trinajstić information content (AvgIpc) is 2.80. The molecule has 0 amide bonds. The summed E-state index contributed by atoms with van der Waals surface area (Å²) in [6.07, 6.45) is 2.59. The third-order valence-corrected chi connectivity index (χ3v) is 4.68. The highest BCUT2D eigenvalue weighted by atomic mass is 15.2. The fourth-order valence-electron chi connectivity index (χ4n) is 3.95. The predicted octanol–water partition coefficient (Wildman–Crippen LogP) is 2.47. The van der Waals surface area contributed by atoms with Gasteiger partial charge in [0.1, 0.15) is 0 Å². The minimum Gasteiger partial charge on any atom is -0.327 e. The molecule has 2 N–H and O–H groups in total. The van der Waals surface area contributed by atoms with Crippen LogP contribution in [0.5, 0.6) is 0 Å². The molecule has 0 spiro atoms. The van der Waals surface area contributed by atoms with Gasteiger partial charge in [-0.15, -0.1) is 0 Å². The predicted molar refractivity (Wildman–Crippen MR) is 75.4 cm³/mol. The van der Waals surface area contributed by atoms with Crippen LogP contribution in [0.4, 0.5) is 0 Å². The van der Waals surface area contributed by atoms with Gasteiger partial charge in [-0.1, -0.05) is 29.3 Å². The second-order valence-electron chi connectivity index (χ2n) is 6.36. The quantitative estimate of drug-likeness (QED) is 0.866. The topological polar surface area (TPSA) is 29.3 Å². The first-order valence-electron chi connectivity index (χ1n) is 7.17. The Morgan fingerprint density at radius 3 is 2.50 bits per heavy atom. The molecule has 98 valence electrons. The summed E-state index contributed by atoms with van der Waals surface area (Å²) in [7, 11) is 0. The second kappa shape index (κ2) is 4.67. The van der Waals surface area contributed by atoms with Gasteiger partial charge in [0.05, 0.1) is 0 Å². The van der Waals surface area contributed by atoms with Crippen LogP contribution in [0.2, 0.25) is 0 Å². The van der Waals surface area contributed by atoms with Gasteiger partial charge in [-0.2, -0.15) is 0 Å². The molecule has 3 atom stereocenters. The normalized spacial score (nSPS) is 31.8. The van der Waals surface area contributed by atoms with E-state index in [2.05, 4.69) is 36.9 Å². The summed E-state index contributed by atoms with van der Waals surface area (Å²) >= 11 is 0. The Morgan fingerprint density at radius 1 is 1.11 bits per heavy atom. The van der Waals surface area contributed by atoms with Gasteiger partial charge in [0.2, 0.25) is 0 Å². The van der Waals surface area contributed by atoms with Crippen LogP contribution in [-0.4, -0.2) is 24.0 Å². The molecule has 3 unspecified atom stereocenters. The highest BCUT2D eigenvalue weighted by molar-refractivity contribution is 5.28. The van der Waals surface area contributed by atoms with Crippen LogP contribution in [0.25, 0.3) is 0 Å². The number of likely N-dealkylation sites (tertiary alicyclic amines) is 1. The van der Waals surface area contributed by atoms with E-state index in [1.54, 1.807) is 0 Å². The Morgan fingerprint density at radius 2 is 1.83 bits per heavy atom. The molecule has 1 aromatic rings. The molecule has 2 nitrogen and oxygen atoms in total. The lowest BCUT2D eigenvalue weighted by Crippen LogP contribution is -2.30. The van der Waals surface area contributed by atoms with Crippen molar-refractivity contribution in [2.75, 3.05) is 13.1 Å². The molecule has 1 aliphatic carbocycles. The van der Waals surface area contributed by atoms with Crippen molar-refractivity contribution < 1.29 is 0 Å². The number of hydrogen-bond donors (Lipinski definition) is 1. The van der Waals surface area contributed by atoms with Crippen LogP contribution in [0.15, 0.2) is 18.2 Å². The maximum atomic E-state index is 6.20. The Balaban J connectivity index is 1.67. The van der Waals surface area contributed by atoms with Gasteiger partial charge in [0.15, 0.2) is 0 Å². The Labute approximate surface area is 110 Å². The van der Waals surface area contributed by atoms with Gasteiger partial charge >= 0.3 is 0 Å². The van der Waals surface area contributed by atoms with E-state index in [9.17, 15) is 0 Å². The molecule has 0 aromatic heterocycles. The van der Waals surface area contributed by atoms with E-state index in [1.165, 1.54) is 42.6 Å². The summed E-state index contributed by atoms with van der Waals surface area (Å²) in [6, 6.07) is 7.35. The molecule has 18 heavy (non-hydrogen) atoms. The molecule has 1 saturated carbocycles. The fraction of sp³-hybridized carbons (Fsp3) is 0.625. The van der Waals surface area contributed by atoms with Gasteiger partial charge in [-0.3, -0.25) is 4.90 Å². The number of hydrogen-bond acceptors (Lipinski definition) is 2. The molecule has 1 heterocycles. The molecule has 3 rings (SSSR count). The number of aryl methyl sites for hydroxylation is 2.